The highest BCUT2D eigenvalue weighted by atomic mass is 31.2. The van der Waals surface area contributed by atoms with Crippen molar-refractivity contribution in [1.82, 2.24) is 42.1 Å². The number of carboxylic acid groups (broad SMARTS) is 5. The Morgan fingerprint density at radius 3 is 1.49 bits per heavy atom. The fourth-order valence-corrected chi connectivity index (χ4v) is 8.14. The third-order valence-electron chi connectivity index (χ3n) is 11.9. The summed E-state index contributed by atoms with van der Waals surface area (Å²) < 4.78 is 16.0. The van der Waals surface area contributed by atoms with E-state index in [9.17, 15) is 92.0 Å². The molecule has 434 valence electrons. The zero-order chi connectivity index (χ0) is 59.2. The minimum Gasteiger partial charge on any atom is -0.481 e. The highest BCUT2D eigenvalue weighted by Gasteiger charge is 2.41. The molecule has 31 nitrogen and oxygen atoms in total. The monoisotopic (exact) mass is 1130 g/mol. The van der Waals surface area contributed by atoms with Crippen molar-refractivity contribution in [2.45, 2.75) is 147 Å². The van der Waals surface area contributed by atoms with Crippen molar-refractivity contribution in [2.24, 2.45) is 11.8 Å². The number of carboxylic acids is 5. The number of quaternary nitrogens is 1. The van der Waals surface area contributed by atoms with Crippen LogP contribution < -0.4 is 47.5 Å². The van der Waals surface area contributed by atoms with E-state index in [0.717, 1.165) is 17.0 Å². The third kappa shape index (κ3) is 23.6. The van der Waals surface area contributed by atoms with E-state index < -0.39 is 203 Å². The third-order valence-corrected chi connectivity index (χ3v) is 12.3. The van der Waals surface area contributed by atoms with Crippen LogP contribution in [0.5, 0.6) is 5.75 Å². The van der Waals surface area contributed by atoms with Gasteiger partial charge in [0.05, 0.1) is 6.42 Å². The van der Waals surface area contributed by atoms with Gasteiger partial charge in [-0.1, -0.05) is 39.8 Å². The first-order chi connectivity index (χ1) is 36.3. The molecule has 1 aliphatic rings. The van der Waals surface area contributed by atoms with Crippen molar-refractivity contribution in [3.63, 3.8) is 0 Å². The number of phosphoric ester groups is 1. The van der Waals surface area contributed by atoms with Crippen molar-refractivity contribution in [1.29, 1.82) is 0 Å². The minimum atomic E-state index is -5.03. The summed E-state index contributed by atoms with van der Waals surface area (Å²) in [7, 11) is -5.03. The molecule has 0 aromatic heterocycles. The maximum Gasteiger partial charge on any atom is 0.524 e. The standard InChI is InChI=1S/C46H68N9O22P/c1-22(2)37(44(71)48-21-36(64)65)53-41(68)28(13-17-34(60)61)49-40(67)27(12-16-33(58)59)50-42(69)30(20-24-7-9-25(10-8-24)77-78(74,75)76)52-45(72)38(23(3)4)54-43(70)31-6-5-19-55(31)46(73)29(14-18-35(62)63)51-39(66)26(47)11-15-32(56)57/h7-10,22-23,26-31,37-38H,5-6,11-21,47H2,1-4H3,(H,48,71)(H,49,67)(H,50,69)(H,51,66)(H,52,72)(H,53,68)(H,54,70)(H,56,57)(H,58,59)(H,60,61)(H,62,63)(H,64,65)(H2,74,75,76)/p+1/t26-,27-,28-,29-,30-,31-,37-,38-/m0/s1. The largest absolute Gasteiger partial charge is 0.524 e. The van der Waals surface area contributed by atoms with Gasteiger partial charge in [0, 0.05) is 38.6 Å². The number of hydrogen-bond acceptors (Lipinski definition) is 15. The molecule has 1 fully saturated rings. The second-order valence-electron chi connectivity index (χ2n) is 18.9. The van der Waals surface area contributed by atoms with Crippen LogP contribution in [0.2, 0.25) is 0 Å². The summed E-state index contributed by atoms with van der Waals surface area (Å²) in [5.74, 6) is -16.7. The molecule has 17 N–H and O–H groups in total. The highest BCUT2D eigenvalue weighted by Crippen LogP contribution is 2.37. The number of carbonyl (C=O) groups is 13. The number of amides is 8. The zero-order valence-corrected chi connectivity index (χ0v) is 44.0. The molecule has 1 saturated heterocycles. The van der Waals surface area contributed by atoms with Gasteiger partial charge in [0.15, 0.2) is 6.04 Å². The number of phosphoric acid groups is 1. The molecule has 1 aromatic rings. The van der Waals surface area contributed by atoms with Crippen LogP contribution >= 0.6 is 7.82 Å². The summed E-state index contributed by atoms with van der Waals surface area (Å²) in [5, 5.41) is 62.9. The van der Waals surface area contributed by atoms with E-state index >= 15 is 0 Å². The molecule has 1 aromatic carbocycles. The van der Waals surface area contributed by atoms with Gasteiger partial charge in [-0.2, -0.15) is 0 Å². The van der Waals surface area contributed by atoms with Crippen LogP contribution in [-0.4, -0.2) is 179 Å². The number of nitrogens with one attached hydrogen (secondary N) is 7. The Morgan fingerprint density at radius 2 is 1.01 bits per heavy atom. The maximum absolute atomic E-state index is 14.4. The summed E-state index contributed by atoms with van der Waals surface area (Å²) in [5.41, 5.74) is 3.80. The van der Waals surface area contributed by atoms with Gasteiger partial charge >= 0.3 is 37.7 Å². The summed E-state index contributed by atoms with van der Waals surface area (Å²) >= 11 is 0. The first kappa shape index (κ1) is 66.4. The van der Waals surface area contributed by atoms with Crippen LogP contribution in [0.4, 0.5) is 0 Å². The lowest BCUT2D eigenvalue weighted by Gasteiger charge is -2.31. The maximum atomic E-state index is 14.4. The number of likely N-dealkylation sites (tertiary alicyclic amines) is 1. The smallest absolute Gasteiger partial charge is 0.481 e. The molecule has 0 aliphatic carbocycles. The Balaban J connectivity index is 2.54. The second-order valence-corrected chi connectivity index (χ2v) is 20.0. The molecule has 8 atom stereocenters. The van der Waals surface area contributed by atoms with E-state index in [1.807, 2.05) is 0 Å². The van der Waals surface area contributed by atoms with Crippen molar-refractivity contribution < 1.29 is 112 Å². The van der Waals surface area contributed by atoms with Gasteiger partial charge in [-0.3, -0.25) is 72.1 Å². The lowest BCUT2D eigenvalue weighted by molar-refractivity contribution is -0.405. The first-order valence-corrected chi connectivity index (χ1v) is 26.0. The molecule has 8 amide bonds. The Bertz CT molecular complexity index is 2420. The number of nitrogens with zero attached hydrogens (tertiary/aromatic N) is 1. The number of rotatable bonds is 34. The number of carbonyl (C=O) groups excluding carboxylic acids is 8. The van der Waals surface area contributed by atoms with Gasteiger partial charge in [-0.05, 0) is 61.6 Å². The van der Waals surface area contributed by atoms with Crippen LogP contribution in [-0.2, 0) is 73.3 Å². The Morgan fingerprint density at radius 1 is 0.577 bits per heavy atom. The van der Waals surface area contributed by atoms with E-state index in [4.69, 9.17) is 10.2 Å². The van der Waals surface area contributed by atoms with Gasteiger partial charge < -0.3 is 77.9 Å². The molecule has 1 heterocycles. The topological polar surface area (TPSA) is 505 Å². The van der Waals surface area contributed by atoms with Gasteiger partial charge in [0.2, 0.25) is 41.4 Å². The quantitative estimate of drug-likeness (QED) is 0.0294. The fraction of sp³-hybridized carbons (Fsp3) is 0.587. The summed E-state index contributed by atoms with van der Waals surface area (Å²) in [6.45, 7) is 5.11. The van der Waals surface area contributed by atoms with Crippen LogP contribution in [0.3, 0.4) is 0 Å². The van der Waals surface area contributed by atoms with E-state index in [-0.39, 0.29) is 37.1 Å². The fourth-order valence-electron chi connectivity index (χ4n) is 7.74. The molecule has 0 spiro atoms. The normalized spacial score (nSPS) is 15.9. The van der Waals surface area contributed by atoms with E-state index in [2.05, 4.69) is 47.5 Å². The molecule has 0 saturated carbocycles. The molecule has 0 bridgehead atoms. The average Bonchev–Trinajstić information content (AvgIpc) is 3.84. The molecule has 2 rings (SSSR count). The first-order valence-electron chi connectivity index (χ1n) is 24.5. The highest BCUT2D eigenvalue weighted by molar-refractivity contribution is 7.46. The SMILES string of the molecule is CC(C)[C@H](NC(=O)[C@H](CCC(=O)O)NC(=O)[C@H](CCC(=O)O)NC(=O)[C@H](Cc1ccc(OP(=O)(O)O)cc1)NC(=O)[C@@H](NC(=O)[C@@H]1CCCN1C(=O)[C@H](CCC(=O)O)NC(=O)[C@@H]([NH3+])CCC(=O)O)C(C)C)C(=O)NCC(=O)O. The molecule has 78 heavy (non-hydrogen) atoms. The average molecular weight is 1130 g/mol. The van der Waals surface area contributed by atoms with Crippen LogP contribution in [0, 0.1) is 11.8 Å². The van der Waals surface area contributed by atoms with Crippen molar-refractivity contribution >= 4 is 84.9 Å². The lowest BCUT2D eigenvalue weighted by atomic mass is 9.99. The predicted octanol–water partition coefficient (Wildman–Crippen LogP) is -3.82. The molecular formula is C46H69N9O22P+. The minimum absolute atomic E-state index is 0.0337. The van der Waals surface area contributed by atoms with Crippen molar-refractivity contribution in [3.05, 3.63) is 29.8 Å². The van der Waals surface area contributed by atoms with Gasteiger partial charge in [0.1, 0.15) is 54.6 Å². The second kappa shape index (κ2) is 31.5. The molecule has 0 radical (unpaired) electrons. The number of benzene rings is 1. The Hall–Kier alpha value is -7.76. The van der Waals surface area contributed by atoms with E-state index in [1.165, 1.54) is 39.8 Å². The number of hydrogen-bond donors (Lipinski definition) is 15. The summed E-state index contributed by atoms with van der Waals surface area (Å²) in [4.78, 5) is 187. The van der Waals surface area contributed by atoms with Crippen molar-refractivity contribution in [2.75, 3.05) is 13.1 Å². The lowest BCUT2D eigenvalue weighted by Crippen LogP contribution is -2.69. The Labute approximate surface area is 445 Å². The van der Waals surface area contributed by atoms with Crippen molar-refractivity contribution in [3.8, 4) is 5.75 Å². The van der Waals surface area contributed by atoms with Gasteiger partial charge in [-0.25, -0.2) is 4.57 Å². The van der Waals surface area contributed by atoms with E-state index in [0.29, 0.717) is 0 Å². The van der Waals surface area contributed by atoms with Crippen LogP contribution in [0.1, 0.15) is 97.5 Å². The van der Waals surface area contributed by atoms with Crippen LogP contribution in [0.15, 0.2) is 24.3 Å². The predicted molar refractivity (Wildman–Crippen MR) is 264 cm³/mol. The van der Waals surface area contributed by atoms with Gasteiger partial charge in [-0.15, -0.1) is 0 Å². The molecule has 0 unspecified atom stereocenters. The molecule has 32 heteroatoms. The molecule has 1 aliphatic heterocycles. The van der Waals surface area contributed by atoms with Gasteiger partial charge in [0.25, 0.3) is 5.91 Å². The summed E-state index contributed by atoms with van der Waals surface area (Å²) in [6.07, 6.45) is -4.69. The zero-order valence-electron chi connectivity index (χ0n) is 43.1. The van der Waals surface area contributed by atoms with E-state index in [1.54, 1.807) is 0 Å². The Kier molecular flexibility index (Phi) is 26.8. The van der Waals surface area contributed by atoms with Crippen LogP contribution in [0.25, 0.3) is 0 Å². The molecular weight excluding hydrogens is 1060 g/mol. The summed E-state index contributed by atoms with van der Waals surface area (Å²) in [6, 6.07) is -7.49. The number of aliphatic carboxylic acids is 5.